The third kappa shape index (κ3) is 3.41. The molecule has 0 atom stereocenters. The number of amides is 1. The first-order valence-corrected chi connectivity index (χ1v) is 5.92. The van der Waals surface area contributed by atoms with Crippen LogP contribution in [0.15, 0.2) is 16.8 Å². The first-order valence-electron chi connectivity index (χ1n) is 5.54. The summed E-state index contributed by atoms with van der Waals surface area (Å²) in [5.41, 5.74) is 5.80. The lowest BCUT2D eigenvalue weighted by molar-refractivity contribution is 0.0954. The molecule has 0 bridgehead atoms. The number of pyridine rings is 1. The normalized spacial score (nSPS) is 10.4. The molecule has 2 aromatic heterocycles. The number of nitrogens with zero attached hydrogens (tertiary/aromatic N) is 3. The van der Waals surface area contributed by atoms with Gasteiger partial charge < -0.3 is 15.6 Å². The highest BCUT2D eigenvalue weighted by atomic mass is 35.5. The molecular weight excluding hydrogens is 270 g/mol. The van der Waals surface area contributed by atoms with Gasteiger partial charge in [-0.3, -0.25) is 4.79 Å². The molecule has 0 saturated carbocycles. The molecule has 2 rings (SSSR count). The molecule has 19 heavy (non-hydrogen) atoms. The highest BCUT2D eigenvalue weighted by Crippen LogP contribution is 2.16. The molecule has 0 aliphatic heterocycles. The van der Waals surface area contributed by atoms with Gasteiger partial charge in [-0.25, -0.2) is 4.98 Å². The number of nitrogens with one attached hydrogen (secondary N) is 1. The minimum atomic E-state index is -0.320. The Morgan fingerprint density at radius 2 is 2.37 bits per heavy atom. The van der Waals surface area contributed by atoms with Crippen molar-refractivity contribution in [3.8, 4) is 0 Å². The minimum absolute atomic E-state index is 0.239. The molecule has 1 amide bonds. The van der Waals surface area contributed by atoms with Crippen molar-refractivity contribution in [1.82, 2.24) is 20.4 Å². The molecule has 3 N–H and O–H groups in total. The lowest BCUT2D eigenvalue weighted by Gasteiger charge is -2.05. The van der Waals surface area contributed by atoms with E-state index in [0.29, 0.717) is 30.2 Å². The molecule has 2 heterocycles. The van der Waals surface area contributed by atoms with Crippen molar-refractivity contribution in [1.29, 1.82) is 0 Å². The average molecular weight is 282 g/mol. The third-order valence-electron chi connectivity index (χ3n) is 2.32. The van der Waals surface area contributed by atoms with Gasteiger partial charge in [0.1, 0.15) is 5.82 Å². The summed E-state index contributed by atoms with van der Waals surface area (Å²) in [4.78, 5) is 19.7. The van der Waals surface area contributed by atoms with Gasteiger partial charge in [0.15, 0.2) is 5.82 Å². The smallest absolute Gasteiger partial charge is 0.253 e. The first-order chi connectivity index (χ1) is 9.06. The van der Waals surface area contributed by atoms with Crippen LogP contribution in [-0.2, 0) is 6.42 Å². The van der Waals surface area contributed by atoms with Gasteiger partial charge in [0.2, 0.25) is 5.89 Å². The number of anilines is 1. The van der Waals surface area contributed by atoms with E-state index in [9.17, 15) is 4.79 Å². The standard InChI is InChI=1S/C11H12ClN5O2/c1-6-16-10(17-19-6)2-3-14-11(18)7-4-9(13)15-5-8(7)12/h4-5H,2-3H2,1H3,(H2,13,15)(H,14,18). The van der Waals surface area contributed by atoms with E-state index in [4.69, 9.17) is 21.9 Å². The maximum absolute atomic E-state index is 11.9. The second-order valence-electron chi connectivity index (χ2n) is 3.82. The van der Waals surface area contributed by atoms with Crippen molar-refractivity contribution in [2.45, 2.75) is 13.3 Å². The number of aryl methyl sites for hydroxylation is 1. The summed E-state index contributed by atoms with van der Waals surface area (Å²) in [7, 11) is 0. The van der Waals surface area contributed by atoms with Gasteiger partial charge in [0, 0.05) is 26.1 Å². The molecule has 0 radical (unpaired) electrons. The van der Waals surface area contributed by atoms with Gasteiger partial charge in [-0.05, 0) is 6.07 Å². The molecular formula is C11H12ClN5O2. The number of nitrogen functional groups attached to an aromatic ring is 1. The summed E-state index contributed by atoms with van der Waals surface area (Å²) >= 11 is 5.87. The van der Waals surface area contributed by atoms with Crippen LogP contribution in [0.2, 0.25) is 5.02 Å². The topological polar surface area (TPSA) is 107 Å². The minimum Gasteiger partial charge on any atom is -0.384 e. The SMILES string of the molecule is Cc1nc(CCNC(=O)c2cc(N)ncc2Cl)no1. The number of rotatable bonds is 4. The largest absolute Gasteiger partial charge is 0.384 e. The number of nitrogens with two attached hydrogens (primary N) is 1. The third-order valence-corrected chi connectivity index (χ3v) is 2.63. The maximum atomic E-state index is 11.9. The van der Waals surface area contributed by atoms with Crippen molar-refractivity contribution in [2.24, 2.45) is 0 Å². The predicted molar refractivity (Wildman–Crippen MR) is 68.7 cm³/mol. The second kappa shape index (κ2) is 5.66. The first kappa shape index (κ1) is 13.3. The molecule has 8 heteroatoms. The fraction of sp³-hybridized carbons (Fsp3) is 0.273. The predicted octanol–water partition coefficient (Wildman–Crippen LogP) is 0.981. The Morgan fingerprint density at radius 3 is 3.05 bits per heavy atom. The van der Waals surface area contributed by atoms with Crippen LogP contribution < -0.4 is 11.1 Å². The van der Waals surface area contributed by atoms with Crippen LogP contribution in [0.1, 0.15) is 22.1 Å². The van der Waals surface area contributed by atoms with Gasteiger partial charge in [0.05, 0.1) is 10.6 Å². The Kier molecular flexibility index (Phi) is 3.96. The molecule has 2 aromatic rings. The quantitative estimate of drug-likeness (QED) is 0.865. The Hall–Kier alpha value is -2.15. The van der Waals surface area contributed by atoms with Gasteiger partial charge in [0.25, 0.3) is 5.91 Å². The van der Waals surface area contributed by atoms with E-state index >= 15 is 0 Å². The summed E-state index contributed by atoms with van der Waals surface area (Å²) < 4.78 is 4.82. The zero-order valence-electron chi connectivity index (χ0n) is 10.2. The number of carbonyl (C=O) groups is 1. The number of hydrogen-bond donors (Lipinski definition) is 2. The monoisotopic (exact) mass is 281 g/mol. The van der Waals surface area contributed by atoms with E-state index in [1.54, 1.807) is 6.92 Å². The Balaban J connectivity index is 1.92. The highest BCUT2D eigenvalue weighted by molar-refractivity contribution is 6.33. The maximum Gasteiger partial charge on any atom is 0.253 e. The van der Waals surface area contributed by atoms with Crippen LogP contribution in [0.4, 0.5) is 5.82 Å². The number of hydrogen-bond acceptors (Lipinski definition) is 6. The number of halogens is 1. The van der Waals surface area contributed by atoms with Gasteiger partial charge in [-0.2, -0.15) is 4.98 Å². The van der Waals surface area contributed by atoms with Crippen molar-refractivity contribution in [2.75, 3.05) is 12.3 Å². The Morgan fingerprint density at radius 1 is 1.58 bits per heavy atom. The summed E-state index contributed by atoms with van der Waals surface area (Å²) in [6, 6.07) is 1.43. The molecule has 0 spiro atoms. The van der Waals surface area contributed by atoms with E-state index in [-0.39, 0.29) is 16.7 Å². The van der Waals surface area contributed by atoms with E-state index < -0.39 is 0 Å². The van der Waals surface area contributed by atoms with Crippen LogP contribution in [0.5, 0.6) is 0 Å². The molecule has 0 unspecified atom stereocenters. The Bertz CT molecular complexity index is 599. The molecule has 0 fully saturated rings. The van der Waals surface area contributed by atoms with Crippen molar-refractivity contribution in [3.63, 3.8) is 0 Å². The van der Waals surface area contributed by atoms with Crippen molar-refractivity contribution in [3.05, 3.63) is 34.6 Å². The van der Waals surface area contributed by atoms with E-state index in [1.165, 1.54) is 12.3 Å². The molecule has 7 nitrogen and oxygen atoms in total. The zero-order valence-corrected chi connectivity index (χ0v) is 10.9. The van der Waals surface area contributed by atoms with Crippen LogP contribution in [0.3, 0.4) is 0 Å². The fourth-order valence-electron chi connectivity index (χ4n) is 1.45. The lowest BCUT2D eigenvalue weighted by atomic mass is 10.2. The van der Waals surface area contributed by atoms with Crippen LogP contribution >= 0.6 is 11.6 Å². The second-order valence-corrected chi connectivity index (χ2v) is 4.23. The van der Waals surface area contributed by atoms with Gasteiger partial charge >= 0.3 is 0 Å². The fourth-order valence-corrected chi connectivity index (χ4v) is 1.64. The van der Waals surface area contributed by atoms with Crippen LogP contribution in [0, 0.1) is 6.92 Å². The summed E-state index contributed by atoms with van der Waals surface area (Å²) in [6.45, 7) is 2.07. The lowest BCUT2D eigenvalue weighted by Crippen LogP contribution is -2.26. The Labute approximate surface area is 114 Å². The molecule has 0 aromatic carbocycles. The summed E-state index contributed by atoms with van der Waals surface area (Å²) in [5.74, 6) is 0.951. The highest BCUT2D eigenvalue weighted by Gasteiger charge is 2.11. The van der Waals surface area contributed by atoms with Crippen molar-refractivity contribution < 1.29 is 9.32 Å². The molecule has 100 valence electrons. The van der Waals surface area contributed by atoms with Gasteiger partial charge in [-0.15, -0.1) is 0 Å². The van der Waals surface area contributed by atoms with Crippen LogP contribution in [-0.4, -0.2) is 27.6 Å². The molecule has 0 aliphatic carbocycles. The van der Waals surface area contributed by atoms with E-state index in [2.05, 4.69) is 20.4 Å². The zero-order chi connectivity index (χ0) is 13.8. The summed E-state index contributed by atoms with van der Waals surface area (Å²) in [6.07, 6.45) is 1.82. The van der Waals surface area contributed by atoms with E-state index in [0.717, 1.165) is 0 Å². The van der Waals surface area contributed by atoms with Gasteiger partial charge in [-0.1, -0.05) is 16.8 Å². The summed E-state index contributed by atoms with van der Waals surface area (Å²) in [5, 5.41) is 6.67. The van der Waals surface area contributed by atoms with E-state index in [1.807, 2.05) is 0 Å². The average Bonchev–Trinajstić information content (AvgIpc) is 2.78. The van der Waals surface area contributed by atoms with Crippen molar-refractivity contribution >= 4 is 23.3 Å². The molecule has 0 aliphatic rings. The molecule has 0 saturated heterocycles. The number of carbonyl (C=O) groups excluding carboxylic acids is 1. The number of aromatic nitrogens is 3. The van der Waals surface area contributed by atoms with Crippen LogP contribution in [0.25, 0.3) is 0 Å².